The van der Waals surface area contributed by atoms with Crippen molar-refractivity contribution in [2.24, 2.45) is 5.73 Å². The van der Waals surface area contributed by atoms with Gasteiger partial charge in [-0.25, -0.2) is 0 Å². The van der Waals surface area contributed by atoms with Gasteiger partial charge in [0.25, 0.3) is 0 Å². The van der Waals surface area contributed by atoms with E-state index in [1.54, 1.807) is 0 Å². The summed E-state index contributed by atoms with van der Waals surface area (Å²) < 4.78 is 5.30. The van der Waals surface area contributed by atoms with E-state index in [0.29, 0.717) is 12.4 Å². The Bertz CT molecular complexity index is 517. The number of nitrogens with two attached hydrogens (primary N) is 1. The lowest BCUT2D eigenvalue weighted by molar-refractivity contribution is 0.368. The van der Waals surface area contributed by atoms with Gasteiger partial charge < -0.3 is 10.3 Å². The first-order valence-corrected chi connectivity index (χ1v) is 6.44. The summed E-state index contributed by atoms with van der Waals surface area (Å²) in [4.78, 5) is 4.52. The van der Waals surface area contributed by atoms with Crippen LogP contribution in [0.5, 0.6) is 0 Å². The third-order valence-corrected chi connectivity index (χ3v) is 3.57. The van der Waals surface area contributed by atoms with Gasteiger partial charge in [0.2, 0.25) is 5.89 Å². The largest absolute Gasteiger partial charge is 0.339 e. The fourth-order valence-corrected chi connectivity index (χ4v) is 2.33. The Morgan fingerprint density at radius 1 is 1.22 bits per heavy atom. The molecule has 18 heavy (non-hydrogen) atoms. The molecule has 2 aromatic rings. The van der Waals surface area contributed by atoms with E-state index < -0.39 is 0 Å². The topological polar surface area (TPSA) is 64.9 Å². The van der Waals surface area contributed by atoms with Crippen molar-refractivity contribution in [1.29, 1.82) is 0 Å². The third-order valence-electron chi connectivity index (χ3n) is 3.57. The highest BCUT2D eigenvalue weighted by atomic mass is 16.5. The normalized spacial score (nSPS) is 16.7. The van der Waals surface area contributed by atoms with Crippen molar-refractivity contribution in [3.05, 3.63) is 47.6 Å². The Kier molecular flexibility index (Phi) is 2.88. The molecular formula is C14H17N3O. The van der Waals surface area contributed by atoms with Crippen LogP contribution in [0, 0.1) is 0 Å². The summed E-state index contributed by atoms with van der Waals surface area (Å²) in [6, 6.07) is 10.4. The quantitative estimate of drug-likeness (QED) is 0.872. The lowest BCUT2D eigenvalue weighted by Crippen LogP contribution is -2.10. The van der Waals surface area contributed by atoms with Crippen molar-refractivity contribution in [2.75, 3.05) is 6.54 Å². The van der Waals surface area contributed by atoms with Gasteiger partial charge >= 0.3 is 0 Å². The molecule has 0 spiro atoms. The minimum atomic E-state index is 0.00568. The number of aromatic nitrogens is 2. The summed E-state index contributed by atoms with van der Waals surface area (Å²) >= 11 is 0. The second-order valence-electron chi connectivity index (χ2n) is 4.85. The van der Waals surface area contributed by atoms with Gasteiger partial charge in [-0.3, -0.25) is 0 Å². The Balaban J connectivity index is 1.84. The molecule has 0 unspecified atom stereocenters. The van der Waals surface area contributed by atoms with Crippen LogP contribution in [0.3, 0.4) is 0 Å². The van der Waals surface area contributed by atoms with Crippen molar-refractivity contribution in [3.63, 3.8) is 0 Å². The minimum absolute atomic E-state index is 0.00568. The number of hydrogen-bond acceptors (Lipinski definition) is 4. The maximum absolute atomic E-state index is 5.48. The second kappa shape index (κ2) is 4.53. The van der Waals surface area contributed by atoms with Crippen molar-refractivity contribution in [3.8, 4) is 0 Å². The Morgan fingerprint density at radius 2 is 2.00 bits per heavy atom. The predicted octanol–water partition coefficient (Wildman–Crippen LogP) is 2.04. The van der Waals surface area contributed by atoms with Gasteiger partial charge in [0.05, 0.1) is 5.41 Å². The van der Waals surface area contributed by atoms with Gasteiger partial charge in [-0.05, 0) is 31.4 Å². The van der Waals surface area contributed by atoms with Gasteiger partial charge in [-0.1, -0.05) is 35.5 Å². The molecule has 4 heteroatoms. The summed E-state index contributed by atoms with van der Waals surface area (Å²) in [5, 5.41) is 4.15. The maximum atomic E-state index is 5.48. The van der Waals surface area contributed by atoms with Crippen LogP contribution in [0.2, 0.25) is 0 Å². The summed E-state index contributed by atoms with van der Waals surface area (Å²) in [6.45, 7) is 0.654. The van der Waals surface area contributed by atoms with Crippen molar-refractivity contribution in [1.82, 2.24) is 10.1 Å². The number of aryl methyl sites for hydroxylation is 1. The van der Waals surface area contributed by atoms with Gasteiger partial charge in [-0.15, -0.1) is 0 Å². The zero-order chi connectivity index (χ0) is 12.4. The van der Waals surface area contributed by atoms with Gasteiger partial charge in [0, 0.05) is 6.42 Å². The van der Waals surface area contributed by atoms with E-state index in [0.717, 1.165) is 31.5 Å². The molecule has 1 aromatic heterocycles. The molecule has 94 valence electrons. The molecule has 0 atom stereocenters. The maximum Gasteiger partial charge on any atom is 0.226 e. The molecule has 0 aliphatic heterocycles. The van der Waals surface area contributed by atoms with Crippen LogP contribution < -0.4 is 5.73 Å². The molecular weight excluding hydrogens is 226 g/mol. The molecule has 1 heterocycles. The zero-order valence-corrected chi connectivity index (χ0v) is 10.3. The Morgan fingerprint density at radius 3 is 2.67 bits per heavy atom. The molecule has 1 aliphatic rings. The zero-order valence-electron chi connectivity index (χ0n) is 10.3. The van der Waals surface area contributed by atoms with Crippen LogP contribution in [-0.2, 0) is 11.8 Å². The molecule has 0 amide bonds. The lowest BCUT2D eigenvalue weighted by atomic mass is 9.95. The van der Waals surface area contributed by atoms with E-state index in [1.165, 1.54) is 5.56 Å². The molecule has 0 saturated heterocycles. The van der Waals surface area contributed by atoms with Gasteiger partial charge in [0.1, 0.15) is 0 Å². The molecule has 4 nitrogen and oxygen atoms in total. The summed E-state index contributed by atoms with van der Waals surface area (Å²) in [7, 11) is 0. The molecule has 0 bridgehead atoms. The van der Waals surface area contributed by atoms with Gasteiger partial charge in [0.15, 0.2) is 5.82 Å². The minimum Gasteiger partial charge on any atom is -0.339 e. The molecule has 1 saturated carbocycles. The highest BCUT2D eigenvalue weighted by Gasteiger charge is 2.49. The van der Waals surface area contributed by atoms with Crippen LogP contribution in [0.15, 0.2) is 34.9 Å². The molecule has 2 N–H and O–H groups in total. The van der Waals surface area contributed by atoms with E-state index in [9.17, 15) is 0 Å². The first-order chi connectivity index (χ1) is 8.85. The Hall–Kier alpha value is -1.68. The number of rotatable bonds is 5. The number of nitrogens with zero attached hydrogens (tertiary/aromatic N) is 2. The van der Waals surface area contributed by atoms with Crippen molar-refractivity contribution < 1.29 is 4.52 Å². The van der Waals surface area contributed by atoms with E-state index >= 15 is 0 Å². The average molecular weight is 243 g/mol. The summed E-state index contributed by atoms with van der Waals surface area (Å²) in [5.41, 5.74) is 6.78. The number of benzene rings is 1. The summed E-state index contributed by atoms with van der Waals surface area (Å²) in [5.74, 6) is 1.54. The van der Waals surface area contributed by atoms with Crippen molar-refractivity contribution in [2.45, 2.75) is 31.1 Å². The molecule has 0 radical (unpaired) electrons. The number of hydrogen-bond donors (Lipinski definition) is 1. The molecule has 3 rings (SSSR count). The van der Waals surface area contributed by atoms with Crippen molar-refractivity contribution >= 4 is 0 Å². The SMILES string of the molecule is NCCCc1nc(C2(c3ccccc3)CC2)no1. The first-order valence-electron chi connectivity index (χ1n) is 6.44. The highest BCUT2D eigenvalue weighted by Crippen LogP contribution is 2.52. The molecule has 1 aromatic carbocycles. The summed E-state index contributed by atoms with van der Waals surface area (Å²) in [6.07, 6.45) is 3.87. The van der Waals surface area contributed by atoms with Crippen LogP contribution in [0.25, 0.3) is 0 Å². The van der Waals surface area contributed by atoms with Gasteiger partial charge in [-0.2, -0.15) is 4.98 Å². The monoisotopic (exact) mass is 243 g/mol. The lowest BCUT2D eigenvalue weighted by Gasteiger charge is -2.09. The average Bonchev–Trinajstić information content (AvgIpc) is 3.10. The Labute approximate surface area is 106 Å². The predicted molar refractivity (Wildman–Crippen MR) is 68.1 cm³/mol. The fraction of sp³-hybridized carbons (Fsp3) is 0.429. The van der Waals surface area contributed by atoms with Crippen LogP contribution in [0.4, 0.5) is 0 Å². The van der Waals surface area contributed by atoms with Crippen LogP contribution in [0.1, 0.15) is 36.5 Å². The van der Waals surface area contributed by atoms with E-state index in [4.69, 9.17) is 10.3 Å². The van der Waals surface area contributed by atoms with Crippen LogP contribution >= 0.6 is 0 Å². The van der Waals surface area contributed by atoms with E-state index in [-0.39, 0.29) is 5.41 Å². The molecule has 1 aliphatic carbocycles. The second-order valence-corrected chi connectivity index (χ2v) is 4.85. The highest BCUT2D eigenvalue weighted by molar-refractivity contribution is 5.38. The fourth-order valence-electron chi connectivity index (χ4n) is 2.33. The van der Waals surface area contributed by atoms with E-state index in [2.05, 4.69) is 34.4 Å². The smallest absolute Gasteiger partial charge is 0.226 e. The first kappa shape index (κ1) is 11.4. The van der Waals surface area contributed by atoms with Crippen LogP contribution in [-0.4, -0.2) is 16.7 Å². The van der Waals surface area contributed by atoms with E-state index in [1.807, 2.05) is 6.07 Å². The molecule has 1 fully saturated rings. The standard InChI is InChI=1S/C14H17N3O/c15-10-4-7-12-16-13(17-18-12)14(8-9-14)11-5-2-1-3-6-11/h1-3,5-6H,4,7-10,15H2. The third kappa shape index (κ3) is 1.93.